The first-order valence-corrected chi connectivity index (χ1v) is 18.3. The van der Waals surface area contributed by atoms with E-state index in [1.54, 1.807) is 0 Å². The molecule has 3 aliphatic rings. The van der Waals surface area contributed by atoms with E-state index in [0.717, 1.165) is 0 Å². The normalized spacial score (nSPS) is 17.6. The molecule has 1 atom stereocenters. The van der Waals surface area contributed by atoms with Crippen LogP contribution < -0.4 is 4.90 Å². The van der Waals surface area contributed by atoms with Gasteiger partial charge in [0, 0.05) is 26.5 Å². The van der Waals surface area contributed by atoms with Gasteiger partial charge in [-0.25, -0.2) is 0 Å². The van der Waals surface area contributed by atoms with Gasteiger partial charge in [-0.15, -0.1) is 0 Å². The quantitative estimate of drug-likeness (QED) is 0.185. The van der Waals surface area contributed by atoms with Crippen LogP contribution in [0.3, 0.4) is 0 Å². The lowest BCUT2D eigenvalue weighted by Gasteiger charge is -2.55. The van der Waals surface area contributed by atoms with Crippen LogP contribution in [0.2, 0.25) is 0 Å². The van der Waals surface area contributed by atoms with E-state index in [-0.39, 0.29) is 16.2 Å². The van der Waals surface area contributed by atoms with Gasteiger partial charge in [-0.1, -0.05) is 146 Å². The van der Waals surface area contributed by atoms with Crippen molar-refractivity contribution in [1.29, 1.82) is 0 Å². The van der Waals surface area contributed by atoms with Crippen LogP contribution in [0.4, 0.5) is 17.1 Å². The molecule has 1 aromatic heterocycles. The number of benzene rings is 6. The highest BCUT2D eigenvalue weighted by Gasteiger charge is 2.51. The van der Waals surface area contributed by atoms with Crippen molar-refractivity contribution in [1.82, 2.24) is 0 Å². The summed E-state index contributed by atoms with van der Waals surface area (Å²) < 4.78 is 0. The summed E-state index contributed by atoms with van der Waals surface area (Å²) in [6, 6.07) is 46.6. The Morgan fingerprint density at radius 2 is 0.894 bits per heavy atom. The third kappa shape index (κ3) is 3.31. The van der Waals surface area contributed by atoms with Crippen LogP contribution in [-0.4, -0.2) is 0 Å². The molecule has 47 heavy (non-hydrogen) atoms. The second-order valence-corrected chi connectivity index (χ2v) is 17.6. The maximum Gasteiger partial charge on any atom is 0.0544 e. The molecular weight excluding hydrogens is 585 g/mol. The van der Waals surface area contributed by atoms with Crippen LogP contribution in [0.25, 0.3) is 37.4 Å². The summed E-state index contributed by atoms with van der Waals surface area (Å²) in [5.41, 5.74) is 15.0. The molecule has 0 radical (unpaired) electrons. The maximum absolute atomic E-state index is 2.66. The molecule has 10 rings (SSSR count). The summed E-state index contributed by atoms with van der Waals surface area (Å²) in [6.45, 7) is 14.6. The Bertz CT molecular complexity index is 2400. The van der Waals surface area contributed by atoms with Gasteiger partial charge in [0.05, 0.1) is 17.1 Å². The molecule has 2 heteroatoms. The maximum atomic E-state index is 2.66. The number of nitrogens with zero attached hydrogens (tertiary/aromatic N) is 1. The molecule has 228 valence electrons. The molecule has 0 saturated heterocycles. The van der Waals surface area contributed by atoms with Crippen molar-refractivity contribution in [3.05, 3.63) is 155 Å². The van der Waals surface area contributed by atoms with Gasteiger partial charge in [-0.2, -0.15) is 0 Å². The number of anilines is 3. The molecule has 4 heterocycles. The predicted octanol–water partition coefficient (Wildman–Crippen LogP) is 13.0. The fourth-order valence-electron chi connectivity index (χ4n) is 9.36. The number of fused-ring (bicyclic) bond motifs is 3. The molecule has 0 spiro atoms. The van der Waals surface area contributed by atoms with Crippen LogP contribution >= 0.6 is 7.53 Å². The molecule has 3 aliphatic heterocycles. The Hall–Kier alpha value is -4.58. The van der Waals surface area contributed by atoms with Crippen LogP contribution in [0, 0.1) is 0 Å². The van der Waals surface area contributed by atoms with Crippen molar-refractivity contribution >= 4 is 45.6 Å². The first-order valence-electron chi connectivity index (χ1n) is 17.0. The zero-order valence-electron chi connectivity index (χ0n) is 27.9. The highest BCUT2D eigenvalue weighted by molar-refractivity contribution is 7.67. The largest absolute Gasteiger partial charge is 0.309 e. The summed E-state index contributed by atoms with van der Waals surface area (Å²) in [7, 11) is -0.569. The topological polar surface area (TPSA) is 3.24 Å². The predicted molar refractivity (Wildman–Crippen MR) is 202 cm³/mol. The Labute approximate surface area is 278 Å². The summed E-state index contributed by atoms with van der Waals surface area (Å²) in [4.78, 5) is 2.66. The summed E-state index contributed by atoms with van der Waals surface area (Å²) in [5, 5.41) is 7.13. The van der Waals surface area contributed by atoms with Crippen molar-refractivity contribution in [2.24, 2.45) is 0 Å². The fourth-order valence-corrected chi connectivity index (χ4v) is 12.0. The van der Waals surface area contributed by atoms with Gasteiger partial charge in [-0.3, -0.25) is 0 Å². The lowest BCUT2D eigenvalue weighted by atomic mass is 9.60. The van der Waals surface area contributed by atoms with Crippen LogP contribution in [0.15, 0.2) is 121 Å². The first kappa shape index (κ1) is 27.5. The van der Waals surface area contributed by atoms with Crippen molar-refractivity contribution in [2.45, 2.75) is 57.8 Å². The van der Waals surface area contributed by atoms with Crippen LogP contribution in [0.5, 0.6) is 0 Å². The Morgan fingerprint density at radius 3 is 1.49 bits per heavy atom. The van der Waals surface area contributed by atoms with E-state index in [0.29, 0.717) is 0 Å². The van der Waals surface area contributed by atoms with Gasteiger partial charge in [0.1, 0.15) is 0 Å². The molecule has 0 aliphatic carbocycles. The number of para-hydroxylation sites is 2. The Kier molecular flexibility index (Phi) is 5.19. The van der Waals surface area contributed by atoms with Gasteiger partial charge in [0.15, 0.2) is 0 Å². The monoisotopic (exact) mass is 623 g/mol. The van der Waals surface area contributed by atoms with Gasteiger partial charge < -0.3 is 4.90 Å². The lowest BCUT2D eigenvalue weighted by Crippen LogP contribution is -2.43. The molecular formula is C45H38NP. The molecule has 1 unspecified atom stereocenters. The van der Waals surface area contributed by atoms with Gasteiger partial charge in [-0.05, 0) is 84.9 Å². The molecule has 6 aromatic carbocycles. The minimum absolute atomic E-state index is 0.0752. The number of hydrogen-bond donors (Lipinski definition) is 0. The average Bonchev–Trinajstić information content (AvgIpc) is 3.41. The van der Waals surface area contributed by atoms with E-state index < -0.39 is 7.53 Å². The van der Waals surface area contributed by atoms with E-state index in [9.17, 15) is 0 Å². The van der Waals surface area contributed by atoms with Crippen molar-refractivity contribution < 1.29 is 0 Å². The molecule has 0 fully saturated rings. The highest BCUT2D eigenvalue weighted by Crippen LogP contribution is 2.66. The average molecular weight is 624 g/mol. The number of hydrogen-bond acceptors (Lipinski definition) is 1. The standard InChI is InChI=1S/C45H38NP/c1-43(2)32-17-12-19-34-40(32)46-41-33(43)18-13-20-35(41)45(5,6)37-26-28(25-36(42(37)46)44(34,3)4)27-22-23-39-31(24-27)30-16-10-11-21-38(30)47(39)29-14-8-7-9-15-29/h7-26H,1-6H3. The molecule has 0 N–H and O–H groups in total. The SMILES string of the molecule is CC1(C)c2cccc3c2N2c4c1cccc4C(C)(C)c1cc(-c4ccc5c(c4)c4ccccc4p5-c4ccccc4)cc(c12)C3(C)C. The second-order valence-electron chi connectivity index (χ2n) is 15.5. The third-order valence-corrected chi connectivity index (χ3v) is 14.5. The van der Waals surface area contributed by atoms with E-state index in [1.807, 2.05) is 0 Å². The van der Waals surface area contributed by atoms with Gasteiger partial charge in [0.25, 0.3) is 0 Å². The minimum atomic E-state index is -0.569. The van der Waals surface area contributed by atoms with Gasteiger partial charge in [0.2, 0.25) is 0 Å². The van der Waals surface area contributed by atoms with E-state index in [2.05, 4.69) is 168 Å². The molecule has 0 bridgehead atoms. The van der Waals surface area contributed by atoms with E-state index >= 15 is 0 Å². The smallest absolute Gasteiger partial charge is 0.0544 e. The molecule has 0 amide bonds. The Morgan fingerprint density at radius 1 is 0.404 bits per heavy atom. The van der Waals surface area contributed by atoms with Crippen LogP contribution in [0.1, 0.15) is 74.9 Å². The minimum Gasteiger partial charge on any atom is -0.309 e. The lowest BCUT2D eigenvalue weighted by molar-refractivity contribution is 0.567. The number of rotatable bonds is 2. The van der Waals surface area contributed by atoms with Gasteiger partial charge >= 0.3 is 0 Å². The zero-order valence-corrected chi connectivity index (χ0v) is 28.8. The van der Waals surface area contributed by atoms with Crippen molar-refractivity contribution in [3.63, 3.8) is 0 Å². The zero-order chi connectivity index (χ0) is 32.0. The summed E-state index contributed by atoms with van der Waals surface area (Å²) in [6.07, 6.45) is 0. The first-order chi connectivity index (χ1) is 22.6. The summed E-state index contributed by atoms with van der Waals surface area (Å²) >= 11 is 0. The second kappa shape index (κ2) is 8.85. The van der Waals surface area contributed by atoms with Crippen molar-refractivity contribution in [3.8, 4) is 16.4 Å². The molecule has 1 nitrogen and oxygen atoms in total. The molecule has 0 saturated carbocycles. The van der Waals surface area contributed by atoms with E-state index in [4.69, 9.17) is 0 Å². The molecule has 7 aromatic rings. The van der Waals surface area contributed by atoms with Crippen molar-refractivity contribution in [2.75, 3.05) is 4.90 Å². The summed E-state index contributed by atoms with van der Waals surface area (Å²) in [5.74, 6) is 0. The highest BCUT2D eigenvalue weighted by atomic mass is 31.1. The Balaban J connectivity index is 1.27. The van der Waals surface area contributed by atoms with Crippen LogP contribution in [-0.2, 0) is 16.2 Å². The fraction of sp³-hybridized carbons (Fsp3) is 0.200. The third-order valence-electron chi connectivity index (χ3n) is 11.9. The van der Waals surface area contributed by atoms with E-state index in [1.165, 1.54) is 87.9 Å².